The number of anilines is 2. The zero-order chi connectivity index (χ0) is 36.0. The molecule has 2 atom stereocenters. The van der Waals surface area contributed by atoms with Gasteiger partial charge in [0.2, 0.25) is 0 Å². The number of Topliss-reactive ketones (excluding diaryl/α,β-unsaturated/α-hetero) is 1. The summed E-state index contributed by atoms with van der Waals surface area (Å²) in [5, 5.41) is 3.58. The van der Waals surface area contributed by atoms with Gasteiger partial charge in [-0.05, 0) is 80.3 Å². The summed E-state index contributed by atoms with van der Waals surface area (Å²) in [6.45, 7) is 10.6. The number of ether oxygens (including phenoxy) is 3. The average Bonchev–Trinajstić information content (AvgIpc) is 3.10. The fourth-order valence-electron chi connectivity index (χ4n) is 6.90. The van der Waals surface area contributed by atoms with Crippen molar-refractivity contribution in [3.63, 3.8) is 0 Å². The SMILES string of the molecule is C[C@@H]1C[C@H](CC(=O)OC(C)(C)C)CN(c2ccncc2CC(=O)c2nc3cc(C4=CCOCC4)ccc3cc2NC(=O)OCc2ccccc2)C1. The van der Waals surface area contributed by atoms with Gasteiger partial charge in [0.15, 0.2) is 5.78 Å². The number of fused-ring (bicyclic) bond motifs is 1. The second kappa shape index (κ2) is 15.9. The number of carbonyl (C=O) groups excluding carboxylic acids is 3. The smallest absolute Gasteiger partial charge is 0.412 e. The molecule has 266 valence electrons. The maximum absolute atomic E-state index is 14.3. The topological polar surface area (TPSA) is 120 Å². The van der Waals surface area contributed by atoms with Crippen LogP contribution in [0, 0.1) is 11.8 Å². The van der Waals surface area contributed by atoms with Crippen LogP contribution in [0.3, 0.4) is 0 Å². The molecule has 10 nitrogen and oxygen atoms in total. The molecule has 4 aromatic rings. The number of aromatic nitrogens is 2. The second-order valence-corrected chi connectivity index (χ2v) is 14.5. The highest BCUT2D eigenvalue weighted by Gasteiger charge is 2.30. The summed E-state index contributed by atoms with van der Waals surface area (Å²) in [5.41, 5.74) is 5.20. The molecular formula is C41H46N4O6. The largest absolute Gasteiger partial charge is 0.460 e. The number of piperidine rings is 1. The number of pyridine rings is 2. The minimum Gasteiger partial charge on any atom is -0.460 e. The number of hydrogen-bond acceptors (Lipinski definition) is 9. The number of amides is 1. The van der Waals surface area contributed by atoms with E-state index in [1.807, 2.05) is 75.4 Å². The molecular weight excluding hydrogens is 644 g/mol. The summed E-state index contributed by atoms with van der Waals surface area (Å²) in [6.07, 6.45) is 6.88. The summed E-state index contributed by atoms with van der Waals surface area (Å²) in [4.78, 5) is 51.5. The molecule has 4 heterocycles. The van der Waals surface area contributed by atoms with Crippen molar-refractivity contribution in [3.8, 4) is 0 Å². The van der Waals surface area contributed by atoms with Crippen LogP contribution >= 0.6 is 0 Å². The summed E-state index contributed by atoms with van der Waals surface area (Å²) in [7, 11) is 0. The highest BCUT2D eigenvalue weighted by atomic mass is 16.6. The first-order valence-corrected chi connectivity index (χ1v) is 17.6. The molecule has 2 aliphatic heterocycles. The number of esters is 1. The van der Waals surface area contributed by atoms with E-state index >= 15 is 0 Å². The molecule has 0 unspecified atom stereocenters. The Bertz CT molecular complexity index is 1920. The van der Waals surface area contributed by atoms with Crippen LogP contribution in [0.2, 0.25) is 0 Å². The van der Waals surface area contributed by atoms with Gasteiger partial charge in [-0.1, -0.05) is 55.5 Å². The number of carbonyl (C=O) groups is 3. The van der Waals surface area contributed by atoms with E-state index in [9.17, 15) is 14.4 Å². The number of nitrogens with zero attached hydrogens (tertiary/aromatic N) is 3. The van der Waals surface area contributed by atoms with Gasteiger partial charge in [-0.3, -0.25) is 19.9 Å². The number of ketones is 1. The Labute approximate surface area is 299 Å². The molecule has 51 heavy (non-hydrogen) atoms. The Morgan fingerprint density at radius 2 is 1.86 bits per heavy atom. The lowest BCUT2D eigenvalue weighted by Crippen LogP contribution is -2.41. The maximum Gasteiger partial charge on any atom is 0.412 e. The molecule has 1 saturated heterocycles. The Morgan fingerprint density at radius 3 is 2.63 bits per heavy atom. The summed E-state index contributed by atoms with van der Waals surface area (Å²) in [5.74, 6) is -0.0220. The van der Waals surface area contributed by atoms with Crippen molar-refractivity contribution in [2.75, 3.05) is 36.5 Å². The highest BCUT2D eigenvalue weighted by molar-refractivity contribution is 6.06. The summed E-state index contributed by atoms with van der Waals surface area (Å²) >= 11 is 0. The van der Waals surface area contributed by atoms with E-state index in [1.165, 1.54) is 5.57 Å². The van der Waals surface area contributed by atoms with E-state index in [4.69, 9.17) is 19.2 Å². The molecule has 1 amide bonds. The maximum atomic E-state index is 14.3. The molecule has 1 fully saturated rings. The second-order valence-electron chi connectivity index (χ2n) is 14.5. The predicted molar refractivity (Wildman–Crippen MR) is 198 cm³/mol. The van der Waals surface area contributed by atoms with Crippen LogP contribution in [0.4, 0.5) is 16.2 Å². The van der Waals surface area contributed by atoms with Crippen LogP contribution in [0.5, 0.6) is 0 Å². The normalized spacial score (nSPS) is 17.8. The molecule has 2 aromatic carbocycles. The summed E-state index contributed by atoms with van der Waals surface area (Å²) in [6, 6.07) is 19.1. The lowest BCUT2D eigenvalue weighted by molar-refractivity contribution is -0.156. The van der Waals surface area contributed by atoms with E-state index in [0.717, 1.165) is 47.2 Å². The van der Waals surface area contributed by atoms with Crippen LogP contribution in [-0.4, -0.2) is 59.7 Å². The van der Waals surface area contributed by atoms with E-state index in [1.54, 1.807) is 18.5 Å². The van der Waals surface area contributed by atoms with Gasteiger partial charge < -0.3 is 19.1 Å². The number of hydrogen-bond donors (Lipinski definition) is 1. The molecule has 10 heteroatoms. The predicted octanol–water partition coefficient (Wildman–Crippen LogP) is 7.80. The van der Waals surface area contributed by atoms with Crippen molar-refractivity contribution in [1.29, 1.82) is 0 Å². The molecule has 2 aliphatic rings. The van der Waals surface area contributed by atoms with Crippen molar-refractivity contribution in [1.82, 2.24) is 9.97 Å². The molecule has 0 aliphatic carbocycles. The lowest BCUT2D eigenvalue weighted by Gasteiger charge is -2.38. The average molecular weight is 691 g/mol. The molecule has 6 rings (SSSR count). The first-order valence-electron chi connectivity index (χ1n) is 17.6. The van der Waals surface area contributed by atoms with Gasteiger partial charge in [-0.25, -0.2) is 9.78 Å². The van der Waals surface area contributed by atoms with E-state index in [-0.39, 0.29) is 42.1 Å². The number of rotatable bonds is 10. The van der Waals surface area contributed by atoms with Gasteiger partial charge in [0.1, 0.15) is 17.9 Å². The third kappa shape index (κ3) is 9.58. The first kappa shape index (κ1) is 35.7. The molecule has 0 saturated carbocycles. The Balaban J connectivity index is 1.27. The number of benzene rings is 2. The Morgan fingerprint density at radius 1 is 1.04 bits per heavy atom. The Kier molecular flexibility index (Phi) is 11.1. The van der Waals surface area contributed by atoms with Crippen LogP contribution in [-0.2, 0) is 32.0 Å². The van der Waals surface area contributed by atoms with Crippen molar-refractivity contribution in [2.45, 2.75) is 65.6 Å². The molecule has 1 N–H and O–H groups in total. The van der Waals surface area contributed by atoms with Gasteiger partial charge in [0, 0.05) is 48.5 Å². The molecule has 0 bridgehead atoms. The first-order chi connectivity index (χ1) is 24.5. The van der Waals surface area contributed by atoms with Crippen molar-refractivity contribution in [3.05, 3.63) is 102 Å². The van der Waals surface area contributed by atoms with E-state index in [0.29, 0.717) is 37.6 Å². The van der Waals surface area contributed by atoms with Crippen LogP contribution in [0.1, 0.15) is 74.1 Å². The zero-order valence-electron chi connectivity index (χ0n) is 29.8. The zero-order valence-corrected chi connectivity index (χ0v) is 29.8. The van der Waals surface area contributed by atoms with E-state index < -0.39 is 11.7 Å². The number of nitrogens with one attached hydrogen (secondary N) is 1. The molecule has 0 radical (unpaired) electrons. The van der Waals surface area contributed by atoms with Gasteiger partial charge in [0.25, 0.3) is 0 Å². The van der Waals surface area contributed by atoms with Crippen molar-refractivity contribution < 1.29 is 28.6 Å². The lowest BCUT2D eigenvalue weighted by atomic mass is 9.87. The minimum absolute atomic E-state index is 0.0131. The third-order valence-corrected chi connectivity index (χ3v) is 9.06. The van der Waals surface area contributed by atoms with Crippen LogP contribution < -0.4 is 10.2 Å². The molecule has 2 aromatic heterocycles. The van der Waals surface area contributed by atoms with Crippen LogP contribution in [0.15, 0.2) is 79.1 Å². The van der Waals surface area contributed by atoms with Gasteiger partial charge >= 0.3 is 12.1 Å². The van der Waals surface area contributed by atoms with Crippen LogP contribution in [0.25, 0.3) is 16.5 Å². The fraction of sp³-hybridized carbons (Fsp3) is 0.390. The standard InChI is InChI=1S/C41H46N4O6/c1-27-18-29(19-38(47)51-41(2,3)4)25-45(24-27)36-12-15-42-23-33(36)22-37(46)39-35(44-40(48)50-26-28-8-6-5-7-9-28)21-32-11-10-31(20-34(32)43-39)30-13-16-49-17-14-30/h5-13,15,20-21,23,27,29H,14,16-19,22,24-26H2,1-4H3,(H,44,48)/t27-,29-/m1/s1. The third-order valence-electron chi connectivity index (χ3n) is 9.06. The van der Waals surface area contributed by atoms with Gasteiger partial charge in [0.05, 0.1) is 30.8 Å². The van der Waals surface area contributed by atoms with Gasteiger partial charge in [-0.2, -0.15) is 0 Å². The van der Waals surface area contributed by atoms with E-state index in [2.05, 4.69) is 28.2 Å². The fourth-order valence-corrected chi connectivity index (χ4v) is 6.90. The highest BCUT2D eigenvalue weighted by Crippen LogP contribution is 2.33. The summed E-state index contributed by atoms with van der Waals surface area (Å²) < 4.78 is 16.6. The van der Waals surface area contributed by atoms with Crippen molar-refractivity contribution in [2.24, 2.45) is 11.8 Å². The Hall–Kier alpha value is -5.09. The minimum atomic E-state index is -0.682. The molecule has 0 spiro atoms. The van der Waals surface area contributed by atoms with Gasteiger partial charge in [-0.15, -0.1) is 0 Å². The quantitative estimate of drug-likeness (QED) is 0.131. The monoisotopic (exact) mass is 690 g/mol. The van der Waals surface area contributed by atoms with Crippen molar-refractivity contribution >= 4 is 45.7 Å².